The van der Waals surface area contributed by atoms with Crippen molar-refractivity contribution in [2.45, 2.75) is 0 Å². The first-order chi connectivity index (χ1) is 17.9. The zero-order chi connectivity index (χ0) is 28.0. The molecule has 4 aromatic carbocycles. The van der Waals surface area contributed by atoms with E-state index in [0.717, 1.165) is 24.3 Å². The van der Waals surface area contributed by atoms with Crippen molar-refractivity contribution in [2.75, 3.05) is 10.6 Å². The minimum atomic E-state index is -0.745. The van der Waals surface area contributed by atoms with Crippen LogP contribution in [-0.2, 0) is 0 Å². The number of anilines is 4. The molecule has 0 aliphatic heterocycles. The van der Waals surface area contributed by atoms with E-state index >= 15 is 0 Å². The summed E-state index contributed by atoms with van der Waals surface area (Å²) in [6, 6.07) is 14.3. The predicted molar refractivity (Wildman–Crippen MR) is 141 cm³/mol. The smallest absolute Gasteiger partial charge is 0.270 e. The van der Waals surface area contributed by atoms with Gasteiger partial charge in [-0.1, -0.05) is 0 Å². The minimum absolute atomic E-state index is 0.0796. The monoisotopic (exact) mass is 656 g/mol. The van der Waals surface area contributed by atoms with E-state index < -0.39 is 33.1 Å². The summed E-state index contributed by atoms with van der Waals surface area (Å²) >= 11 is 6.30. The van der Waals surface area contributed by atoms with Crippen LogP contribution in [0.2, 0.25) is 0 Å². The van der Waals surface area contributed by atoms with E-state index in [4.69, 9.17) is 0 Å². The highest BCUT2D eigenvalue weighted by atomic mass is 79.9. The standard InChI is InChI=1S/2C12H7BrF2N2O2/c2*13-9-6-8(17(18)19)2-4-11(9)16-12-3-1-7(14)5-10(12)15/h2*1-6,16H. The van der Waals surface area contributed by atoms with Crippen LogP contribution in [0.1, 0.15) is 0 Å². The number of hydrogen-bond donors (Lipinski definition) is 2. The molecule has 0 saturated carbocycles. The Morgan fingerprint density at radius 1 is 0.553 bits per heavy atom. The van der Waals surface area contributed by atoms with Crippen molar-refractivity contribution < 1.29 is 27.4 Å². The summed E-state index contributed by atoms with van der Waals surface area (Å²) in [5.41, 5.74) is 0.869. The zero-order valence-electron chi connectivity index (χ0n) is 18.7. The highest BCUT2D eigenvalue weighted by Crippen LogP contribution is 2.31. The van der Waals surface area contributed by atoms with Crippen LogP contribution in [0.5, 0.6) is 0 Å². The van der Waals surface area contributed by atoms with Crippen molar-refractivity contribution in [1.29, 1.82) is 0 Å². The fraction of sp³-hybridized carbons (Fsp3) is 0. The Morgan fingerprint density at radius 3 is 1.18 bits per heavy atom. The third kappa shape index (κ3) is 7.49. The van der Waals surface area contributed by atoms with Crippen molar-refractivity contribution in [3.05, 3.63) is 125 Å². The summed E-state index contributed by atoms with van der Waals surface area (Å²) in [6.45, 7) is 0. The Balaban J connectivity index is 0.000000211. The first-order valence-corrected chi connectivity index (χ1v) is 11.8. The molecule has 0 unspecified atom stereocenters. The second kappa shape index (κ2) is 12.5. The summed E-state index contributed by atoms with van der Waals surface area (Å²) < 4.78 is 53.2. The lowest BCUT2D eigenvalue weighted by molar-refractivity contribution is -0.385. The number of nitrogens with one attached hydrogen (secondary N) is 2. The van der Waals surface area contributed by atoms with Gasteiger partial charge in [-0.3, -0.25) is 20.2 Å². The van der Waals surface area contributed by atoms with Crippen molar-refractivity contribution in [3.8, 4) is 0 Å². The molecule has 4 rings (SSSR count). The van der Waals surface area contributed by atoms with Gasteiger partial charge in [0.2, 0.25) is 0 Å². The molecule has 0 radical (unpaired) electrons. The maximum Gasteiger partial charge on any atom is 0.270 e. The SMILES string of the molecule is O=[N+]([O-])c1ccc(Nc2ccc(F)cc2F)c(Br)c1.O=[N+]([O-])c1ccc(Nc2ccc(F)cc2F)c(Br)c1. The number of halogens is 6. The molecule has 0 fully saturated rings. The molecule has 38 heavy (non-hydrogen) atoms. The molecule has 0 saturated heterocycles. The summed E-state index contributed by atoms with van der Waals surface area (Å²) in [4.78, 5) is 20.1. The molecule has 0 aromatic heterocycles. The Kier molecular flexibility index (Phi) is 9.36. The highest BCUT2D eigenvalue weighted by Gasteiger charge is 2.12. The molecule has 0 aliphatic carbocycles. The van der Waals surface area contributed by atoms with Crippen LogP contribution in [0.3, 0.4) is 0 Å². The molecule has 2 N–H and O–H groups in total. The normalized spacial score (nSPS) is 10.3. The van der Waals surface area contributed by atoms with Gasteiger partial charge in [-0.25, -0.2) is 17.6 Å². The van der Waals surface area contributed by atoms with Crippen LogP contribution in [-0.4, -0.2) is 9.85 Å². The average molecular weight is 658 g/mol. The fourth-order valence-electron chi connectivity index (χ4n) is 2.91. The van der Waals surface area contributed by atoms with Gasteiger partial charge >= 0.3 is 0 Å². The number of nitrogens with zero attached hydrogens (tertiary/aromatic N) is 2. The van der Waals surface area contributed by atoms with Gasteiger partial charge in [-0.05, 0) is 68.3 Å². The predicted octanol–water partition coefficient (Wildman–Crippen LogP) is 8.76. The van der Waals surface area contributed by atoms with Gasteiger partial charge in [0.1, 0.15) is 23.3 Å². The van der Waals surface area contributed by atoms with Crippen LogP contribution < -0.4 is 10.6 Å². The summed E-state index contributed by atoms with van der Waals surface area (Å²) in [5.74, 6) is -2.84. The molecule has 0 amide bonds. The first kappa shape index (κ1) is 28.5. The molecule has 8 nitrogen and oxygen atoms in total. The van der Waals surface area contributed by atoms with Gasteiger partial charge in [0.15, 0.2) is 0 Å². The van der Waals surface area contributed by atoms with E-state index in [0.29, 0.717) is 20.3 Å². The molecule has 0 heterocycles. The summed E-state index contributed by atoms with van der Waals surface area (Å²) in [6.07, 6.45) is 0. The first-order valence-electron chi connectivity index (χ1n) is 10.3. The zero-order valence-corrected chi connectivity index (χ0v) is 21.9. The Labute approximate surface area is 228 Å². The van der Waals surface area contributed by atoms with Crippen molar-refractivity contribution in [1.82, 2.24) is 0 Å². The van der Waals surface area contributed by atoms with Gasteiger partial charge < -0.3 is 10.6 Å². The van der Waals surface area contributed by atoms with Gasteiger partial charge in [0, 0.05) is 45.3 Å². The molecule has 0 bridgehead atoms. The van der Waals surface area contributed by atoms with Crippen LogP contribution >= 0.6 is 31.9 Å². The van der Waals surface area contributed by atoms with Gasteiger partial charge in [-0.2, -0.15) is 0 Å². The third-order valence-corrected chi connectivity index (χ3v) is 6.04. The summed E-state index contributed by atoms with van der Waals surface area (Å²) in [5, 5.41) is 26.6. The van der Waals surface area contributed by atoms with Gasteiger partial charge in [0.05, 0.1) is 32.6 Å². The average Bonchev–Trinajstić information content (AvgIpc) is 2.85. The number of nitro benzene ring substituents is 2. The second-order valence-corrected chi connectivity index (χ2v) is 9.05. The second-order valence-electron chi connectivity index (χ2n) is 7.34. The van der Waals surface area contributed by atoms with E-state index in [-0.39, 0.29) is 22.7 Å². The molecule has 14 heteroatoms. The largest absolute Gasteiger partial charge is 0.352 e. The topological polar surface area (TPSA) is 110 Å². The molecular formula is C24H14Br2F4N4O4. The fourth-order valence-corrected chi connectivity index (χ4v) is 3.84. The molecule has 196 valence electrons. The van der Waals surface area contributed by atoms with Crippen LogP contribution in [0.25, 0.3) is 0 Å². The maximum absolute atomic E-state index is 13.4. The maximum atomic E-state index is 13.4. The lowest BCUT2D eigenvalue weighted by atomic mass is 10.2. The van der Waals surface area contributed by atoms with E-state index in [1.54, 1.807) is 0 Å². The van der Waals surface area contributed by atoms with Crippen LogP contribution in [0, 0.1) is 43.5 Å². The van der Waals surface area contributed by atoms with Crippen molar-refractivity contribution in [3.63, 3.8) is 0 Å². The molecule has 0 spiro atoms. The molecule has 4 aromatic rings. The van der Waals surface area contributed by atoms with Crippen molar-refractivity contribution >= 4 is 66.0 Å². The Hall–Kier alpha value is -4.04. The number of non-ortho nitro benzene ring substituents is 2. The Morgan fingerprint density at radius 2 is 0.895 bits per heavy atom. The summed E-state index contributed by atoms with van der Waals surface area (Å²) in [7, 11) is 0. The van der Waals surface area contributed by atoms with Gasteiger partial charge in [-0.15, -0.1) is 0 Å². The van der Waals surface area contributed by atoms with Gasteiger partial charge in [0.25, 0.3) is 11.4 Å². The van der Waals surface area contributed by atoms with Crippen molar-refractivity contribution in [2.24, 2.45) is 0 Å². The van der Waals surface area contributed by atoms with E-state index in [2.05, 4.69) is 42.5 Å². The highest BCUT2D eigenvalue weighted by molar-refractivity contribution is 9.11. The van der Waals surface area contributed by atoms with E-state index in [1.807, 2.05) is 0 Å². The van der Waals surface area contributed by atoms with E-state index in [1.165, 1.54) is 48.5 Å². The molecule has 0 atom stereocenters. The minimum Gasteiger partial charge on any atom is -0.352 e. The number of nitro groups is 2. The molecular weight excluding hydrogens is 644 g/mol. The number of rotatable bonds is 6. The third-order valence-electron chi connectivity index (χ3n) is 4.73. The number of benzene rings is 4. The lowest BCUT2D eigenvalue weighted by Gasteiger charge is -2.09. The Bertz CT molecular complexity index is 1410. The van der Waals surface area contributed by atoms with Crippen LogP contribution in [0.15, 0.2) is 81.7 Å². The van der Waals surface area contributed by atoms with E-state index in [9.17, 15) is 37.8 Å². The lowest BCUT2D eigenvalue weighted by Crippen LogP contribution is -1.96. The number of hydrogen-bond acceptors (Lipinski definition) is 6. The quantitative estimate of drug-likeness (QED) is 0.122. The molecule has 0 aliphatic rings. The van der Waals surface area contributed by atoms with Crippen LogP contribution in [0.4, 0.5) is 51.7 Å².